The first-order valence-electron chi connectivity index (χ1n) is 6.39. The van der Waals surface area contributed by atoms with Crippen LogP contribution in [0.25, 0.3) is 5.82 Å². The Balaban J connectivity index is 1.64. The Bertz CT molecular complexity index is 561. The summed E-state index contributed by atoms with van der Waals surface area (Å²) in [5.41, 5.74) is 0.659. The second-order valence-corrected chi connectivity index (χ2v) is 4.45. The minimum absolute atomic E-state index is 0.109. The molecule has 1 aliphatic rings. The highest BCUT2D eigenvalue weighted by Crippen LogP contribution is 2.10. The van der Waals surface area contributed by atoms with Gasteiger partial charge in [0.1, 0.15) is 18.2 Å². The van der Waals surface area contributed by atoms with E-state index in [0.717, 1.165) is 5.82 Å². The summed E-state index contributed by atoms with van der Waals surface area (Å²) in [7, 11) is 0. The van der Waals surface area contributed by atoms with Gasteiger partial charge in [-0.15, -0.1) is 0 Å². The molecule has 2 N–H and O–H groups in total. The fourth-order valence-electron chi connectivity index (χ4n) is 1.97. The van der Waals surface area contributed by atoms with E-state index in [9.17, 15) is 4.79 Å². The largest absolute Gasteiger partial charge is 0.378 e. The quantitative estimate of drug-likeness (QED) is 0.834. The number of carbonyl (C=O) groups excluding carboxylic acids is 1. The zero-order valence-corrected chi connectivity index (χ0v) is 10.8. The second kappa shape index (κ2) is 5.81. The number of aromatic nitrogens is 3. The second-order valence-electron chi connectivity index (χ2n) is 4.45. The van der Waals surface area contributed by atoms with Crippen molar-refractivity contribution in [3.8, 4) is 5.82 Å². The monoisotopic (exact) mass is 273 g/mol. The summed E-state index contributed by atoms with van der Waals surface area (Å²) in [4.78, 5) is 20.2. The number of amides is 1. The molecule has 0 bridgehead atoms. The van der Waals surface area contributed by atoms with Gasteiger partial charge < -0.3 is 15.4 Å². The molecule has 0 aromatic carbocycles. The summed E-state index contributed by atoms with van der Waals surface area (Å²) in [5, 5.41) is 5.92. The number of anilines is 1. The van der Waals surface area contributed by atoms with Gasteiger partial charge >= 0.3 is 0 Å². The number of rotatable bonds is 3. The smallest absolute Gasteiger partial charge is 0.243 e. The summed E-state index contributed by atoms with van der Waals surface area (Å²) >= 11 is 0. The van der Waals surface area contributed by atoms with Gasteiger partial charge in [-0.1, -0.05) is 0 Å². The predicted molar refractivity (Wildman–Crippen MR) is 72.6 cm³/mol. The molecule has 0 spiro atoms. The molecule has 0 saturated carbocycles. The highest BCUT2D eigenvalue weighted by Gasteiger charge is 2.21. The van der Waals surface area contributed by atoms with E-state index in [1.54, 1.807) is 23.3 Å². The van der Waals surface area contributed by atoms with Gasteiger partial charge in [0.2, 0.25) is 5.91 Å². The lowest BCUT2D eigenvalue weighted by atomic mass is 10.2. The van der Waals surface area contributed by atoms with Crippen molar-refractivity contribution in [1.82, 2.24) is 19.9 Å². The summed E-state index contributed by atoms with van der Waals surface area (Å²) in [6.45, 7) is 1.73. The average molecular weight is 273 g/mol. The molecule has 0 aliphatic carbocycles. The van der Waals surface area contributed by atoms with Crippen LogP contribution in [0.3, 0.4) is 0 Å². The summed E-state index contributed by atoms with van der Waals surface area (Å²) in [6.07, 6.45) is 6.79. The Labute approximate surface area is 116 Å². The molecule has 1 atom stereocenters. The molecule has 1 amide bonds. The summed E-state index contributed by atoms with van der Waals surface area (Å²) in [5.74, 6) is 0.640. The van der Waals surface area contributed by atoms with Crippen LogP contribution in [0.4, 0.5) is 5.69 Å². The van der Waals surface area contributed by atoms with Gasteiger partial charge in [-0.25, -0.2) is 9.97 Å². The molecule has 20 heavy (non-hydrogen) atoms. The van der Waals surface area contributed by atoms with Crippen molar-refractivity contribution < 1.29 is 9.53 Å². The Hall–Kier alpha value is -2.25. The Kier molecular flexibility index (Phi) is 3.71. The van der Waals surface area contributed by atoms with E-state index in [4.69, 9.17) is 4.74 Å². The third-order valence-electron chi connectivity index (χ3n) is 3.02. The molecule has 3 heterocycles. The first-order valence-corrected chi connectivity index (χ1v) is 6.39. The topological polar surface area (TPSA) is 81.1 Å². The third-order valence-corrected chi connectivity index (χ3v) is 3.02. The zero-order valence-electron chi connectivity index (χ0n) is 10.8. The maximum absolute atomic E-state index is 12.0. The van der Waals surface area contributed by atoms with Gasteiger partial charge in [-0.05, 0) is 12.1 Å². The van der Waals surface area contributed by atoms with Gasteiger partial charge in [-0.2, -0.15) is 0 Å². The Morgan fingerprint density at radius 1 is 1.50 bits per heavy atom. The number of hydrogen-bond donors (Lipinski definition) is 2. The van der Waals surface area contributed by atoms with Gasteiger partial charge in [0.05, 0.1) is 25.1 Å². The average Bonchev–Trinajstić information content (AvgIpc) is 3.03. The molecular formula is C13H15N5O2. The van der Waals surface area contributed by atoms with E-state index in [0.29, 0.717) is 25.4 Å². The first-order chi connectivity index (χ1) is 9.83. The van der Waals surface area contributed by atoms with Crippen molar-refractivity contribution in [3.63, 3.8) is 0 Å². The molecule has 1 aliphatic heterocycles. The van der Waals surface area contributed by atoms with E-state index in [1.807, 2.05) is 18.3 Å². The van der Waals surface area contributed by atoms with Crippen LogP contribution in [0, 0.1) is 0 Å². The summed E-state index contributed by atoms with van der Waals surface area (Å²) < 4.78 is 7.05. The predicted octanol–water partition coefficient (Wildman–Crippen LogP) is 0.194. The van der Waals surface area contributed by atoms with Crippen molar-refractivity contribution >= 4 is 11.6 Å². The maximum atomic E-state index is 12.0. The SMILES string of the molecule is O=C(Nc1ccc(-n2ccnc2)nc1)C1COCCN1. The van der Waals surface area contributed by atoms with E-state index in [1.165, 1.54) is 0 Å². The molecule has 0 radical (unpaired) electrons. The van der Waals surface area contributed by atoms with Crippen LogP contribution in [-0.4, -0.2) is 46.2 Å². The van der Waals surface area contributed by atoms with Crippen molar-refractivity contribution in [2.45, 2.75) is 6.04 Å². The molecule has 7 heteroatoms. The number of carbonyl (C=O) groups is 1. The summed E-state index contributed by atoms with van der Waals surface area (Å²) in [6, 6.07) is 3.32. The lowest BCUT2D eigenvalue weighted by Crippen LogP contribution is -2.48. The highest BCUT2D eigenvalue weighted by atomic mass is 16.5. The van der Waals surface area contributed by atoms with Crippen molar-refractivity contribution in [3.05, 3.63) is 37.1 Å². The standard InChI is InChI=1S/C13H15N5O2/c19-13(11-8-20-6-4-15-11)17-10-1-2-12(16-7-10)18-5-3-14-9-18/h1-3,5,7,9,11,15H,4,6,8H2,(H,17,19). The molecule has 104 valence electrons. The van der Waals surface area contributed by atoms with Crippen molar-refractivity contribution in [2.75, 3.05) is 25.1 Å². The molecular weight excluding hydrogens is 258 g/mol. The Morgan fingerprint density at radius 2 is 2.45 bits per heavy atom. The molecule has 1 saturated heterocycles. The number of pyridine rings is 1. The number of nitrogens with zero attached hydrogens (tertiary/aromatic N) is 3. The number of morpholine rings is 1. The fraction of sp³-hybridized carbons (Fsp3) is 0.308. The van der Waals surface area contributed by atoms with Gasteiger partial charge in [-0.3, -0.25) is 9.36 Å². The van der Waals surface area contributed by atoms with Gasteiger partial charge in [0.25, 0.3) is 0 Å². The van der Waals surface area contributed by atoms with Crippen LogP contribution in [0.1, 0.15) is 0 Å². The van der Waals surface area contributed by atoms with Crippen molar-refractivity contribution in [2.24, 2.45) is 0 Å². The molecule has 1 unspecified atom stereocenters. The molecule has 2 aromatic heterocycles. The lowest BCUT2D eigenvalue weighted by Gasteiger charge is -2.22. The van der Waals surface area contributed by atoms with Crippen molar-refractivity contribution in [1.29, 1.82) is 0 Å². The van der Waals surface area contributed by atoms with E-state index in [-0.39, 0.29) is 11.9 Å². The van der Waals surface area contributed by atoms with E-state index >= 15 is 0 Å². The molecule has 3 rings (SSSR count). The van der Waals surface area contributed by atoms with Crippen LogP contribution >= 0.6 is 0 Å². The molecule has 1 fully saturated rings. The first kappa shape index (κ1) is 12.8. The van der Waals surface area contributed by atoms with Crippen LogP contribution in [-0.2, 0) is 9.53 Å². The zero-order chi connectivity index (χ0) is 13.8. The molecule has 7 nitrogen and oxygen atoms in total. The van der Waals surface area contributed by atoms with Crippen LogP contribution in [0.15, 0.2) is 37.1 Å². The number of nitrogens with one attached hydrogen (secondary N) is 2. The minimum atomic E-state index is -0.308. The number of imidazole rings is 1. The van der Waals surface area contributed by atoms with Crippen LogP contribution in [0.2, 0.25) is 0 Å². The third kappa shape index (κ3) is 2.84. The van der Waals surface area contributed by atoms with Crippen LogP contribution < -0.4 is 10.6 Å². The minimum Gasteiger partial charge on any atom is -0.378 e. The van der Waals surface area contributed by atoms with E-state index in [2.05, 4.69) is 20.6 Å². The molecule has 2 aromatic rings. The Morgan fingerprint density at radius 3 is 3.10 bits per heavy atom. The fourth-order valence-corrected chi connectivity index (χ4v) is 1.97. The number of hydrogen-bond acceptors (Lipinski definition) is 5. The van der Waals surface area contributed by atoms with Crippen LogP contribution in [0.5, 0.6) is 0 Å². The lowest BCUT2D eigenvalue weighted by molar-refractivity contribution is -0.120. The van der Waals surface area contributed by atoms with Gasteiger partial charge in [0.15, 0.2) is 0 Å². The van der Waals surface area contributed by atoms with E-state index < -0.39 is 0 Å². The highest BCUT2D eigenvalue weighted by molar-refractivity contribution is 5.94. The maximum Gasteiger partial charge on any atom is 0.243 e. The van der Waals surface area contributed by atoms with Gasteiger partial charge in [0, 0.05) is 18.9 Å². The number of ether oxygens (including phenoxy) is 1. The normalized spacial score (nSPS) is 18.7.